The molecule has 3 aliphatic rings. The first kappa shape index (κ1) is 14.4. The highest BCUT2D eigenvalue weighted by Gasteiger charge is 2.40. The van der Waals surface area contributed by atoms with Crippen LogP contribution in [-0.4, -0.2) is 36.0 Å². The van der Waals surface area contributed by atoms with E-state index in [-0.39, 0.29) is 6.04 Å². The minimum Gasteiger partial charge on any atom is -0.341 e. The zero-order valence-corrected chi connectivity index (χ0v) is 12.9. The average Bonchev–Trinajstić information content (AvgIpc) is 2.91. The van der Waals surface area contributed by atoms with Crippen LogP contribution in [0.4, 0.5) is 0 Å². The number of likely N-dealkylation sites (tertiary alicyclic amines) is 1. The Morgan fingerprint density at radius 3 is 2.85 bits per heavy atom. The summed E-state index contributed by atoms with van der Waals surface area (Å²) in [4.78, 5) is 14.9. The summed E-state index contributed by atoms with van der Waals surface area (Å²) in [6, 6.07) is 0.761. The standard InChI is InChI=1S/C17H30N2O/c1-2-6-13-7-5-10-19(12-13)17(20)16-11-14-8-3-4-9-15(14)18-16/h13-16,18H,2-12H2,1H3. The van der Waals surface area contributed by atoms with Crippen LogP contribution in [0.25, 0.3) is 0 Å². The second-order valence-corrected chi connectivity index (χ2v) is 7.19. The van der Waals surface area contributed by atoms with Crippen molar-refractivity contribution in [2.45, 2.75) is 76.8 Å². The monoisotopic (exact) mass is 278 g/mol. The molecular weight excluding hydrogens is 248 g/mol. The van der Waals surface area contributed by atoms with Gasteiger partial charge in [0.2, 0.25) is 5.91 Å². The Hall–Kier alpha value is -0.570. The quantitative estimate of drug-likeness (QED) is 0.861. The van der Waals surface area contributed by atoms with Gasteiger partial charge < -0.3 is 10.2 Å². The molecule has 0 radical (unpaired) electrons. The molecule has 1 aliphatic carbocycles. The lowest BCUT2D eigenvalue weighted by Crippen LogP contribution is -2.49. The van der Waals surface area contributed by atoms with Gasteiger partial charge in [-0.05, 0) is 50.4 Å². The van der Waals surface area contributed by atoms with Gasteiger partial charge in [0, 0.05) is 19.1 Å². The average molecular weight is 278 g/mol. The number of rotatable bonds is 3. The number of fused-ring (bicyclic) bond motifs is 1. The predicted molar refractivity (Wildman–Crippen MR) is 81.5 cm³/mol. The van der Waals surface area contributed by atoms with Crippen LogP contribution >= 0.6 is 0 Å². The molecule has 3 nitrogen and oxygen atoms in total. The summed E-state index contributed by atoms with van der Waals surface area (Å²) in [7, 11) is 0. The van der Waals surface area contributed by atoms with Crippen molar-refractivity contribution in [1.82, 2.24) is 10.2 Å². The van der Waals surface area contributed by atoms with Crippen LogP contribution in [0.3, 0.4) is 0 Å². The summed E-state index contributed by atoms with van der Waals surface area (Å²) >= 11 is 0. The van der Waals surface area contributed by atoms with Crippen LogP contribution < -0.4 is 5.32 Å². The number of piperidine rings is 1. The van der Waals surface area contributed by atoms with Gasteiger partial charge >= 0.3 is 0 Å². The van der Waals surface area contributed by atoms with Gasteiger partial charge in [0.05, 0.1) is 6.04 Å². The largest absolute Gasteiger partial charge is 0.341 e. The fraction of sp³-hybridized carbons (Fsp3) is 0.941. The lowest BCUT2D eigenvalue weighted by molar-refractivity contribution is -0.135. The third-order valence-corrected chi connectivity index (χ3v) is 5.69. The number of hydrogen-bond donors (Lipinski definition) is 1. The van der Waals surface area contributed by atoms with Gasteiger partial charge in [0.25, 0.3) is 0 Å². The van der Waals surface area contributed by atoms with E-state index in [1.165, 1.54) is 51.4 Å². The second kappa shape index (κ2) is 6.46. The van der Waals surface area contributed by atoms with E-state index in [2.05, 4.69) is 17.1 Å². The topological polar surface area (TPSA) is 32.3 Å². The van der Waals surface area contributed by atoms with Gasteiger partial charge in [-0.25, -0.2) is 0 Å². The van der Waals surface area contributed by atoms with Crippen LogP contribution in [0.1, 0.15) is 64.7 Å². The molecule has 0 aromatic heterocycles. The molecule has 0 aromatic carbocycles. The molecule has 2 saturated heterocycles. The number of amides is 1. The summed E-state index contributed by atoms with van der Waals surface area (Å²) < 4.78 is 0. The van der Waals surface area contributed by atoms with Gasteiger partial charge in [0.15, 0.2) is 0 Å². The Morgan fingerprint density at radius 1 is 1.20 bits per heavy atom. The number of nitrogens with one attached hydrogen (secondary N) is 1. The van der Waals surface area contributed by atoms with Gasteiger partial charge in [-0.1, -0.05) is 26.2 Å². The molecule has 1 N–H and O–H groups in total. The smallest absolute Gasteiger partial charge is 0.239 e. The summed E-state index contributed by atoms with van der Waals surface area (Å²) in [5.41, 5.74) is 0. The minimum absolute atomic E-state index is 0.128. The number of carbonyl (C=O) groups excluding carboxylic acids is 1. The Morgan fingerprint density at radius 2 is 2.05 bits per heavy atom. The summed E-state index contributed by atoms with van der Waals surface area (Å²) in [6.45, 7) is 4.26. The van der Waals surface area contributed by atoms with E-state index in [9.17, 15) is 4.79 Å². The van der Waals surface area contributed by atoms with Crippen molar-refractivity contribution in [3.05, 3.63) is 0 Å². The molecule has 2 heterocycles. The molecule has 0 spiro atoms. The maximum absolute atomic E-state index is 12.8. The first-order chi connectivity index (χ1) is 9.78. The van der Waals surface area contributed by atoms with Crippen molar-refractivity contribution >= 4 is 5.91 Å². The third kappa shape index (κ3) is 3.03. The Kier molecular flexibility index (Phi) is 4.65. The summed E-state index contributed by atoms with van der Waals surface area (Å²) in [5, 5.41) is 3.65. The molecule has 1 saturated carbocycles. The van der Waals surface area contributed by atoms with E-state index in [4.69, 9.17) is 0 Å². The maximum atomic E-state index is 12.8. The molecule has 4 unspecified atom stereocenters. The van der Waals surface area contributed by atoms with E-state index in [1.807, 2.05) is 0 Å². The van der Waals surface area contributed by atoms with E-state index >= 15 is 0 Å². The minimum atomic E-state index is 0.128. The van der Waals surface area contributed by atoms with Crippen molar-refractivity contribution in [3.63, 3.8) is 0 Å². The molecule has 4 atom stereocenters. The zero-order chi connectivity index (χ0) is 13.9. The van der Waals surface area contributed by atoms with Crippen molar-refractivity contribution in [2.24, 2.45) is 11.8 Å². The number of hydrogen-bond acceptors (Lipinski definition) is 2. The van der Waals surface area contributed by atoms with Crippen LogP contribution in [0.5, 0.6) is 0 Å². The molecular formula is C17H30N2O. The highest BCUT2D eigenvalue weighted by Crippen LogP contribution is 2.34. The Labute approximate surface area is 123 Å². The highest BCUT2D eigenvalue weighted by molar-refractivity contribution is 5.82. The number of nitrogens with zero attached hydrogens (tertiary/aromatic N) is 1. The fourth-order valence-electron chi connectivity index (χ4n) is 4.64. The number of carbonyl (C=O) groups is 1. The molecule has 3 rings (SSSR count). The highest BCUT2D eigenvalue weighted by atomic mass is 16.2. The van der Waals surface area contributed by atoms with Crippen LogP contribution in [0, 0.1) is 11.8 Å². The lowest BCUT2D eigenvalue weighted by Gasteiger charge is -2.34. The molecule has 2 aliphatic heterocycles. The molecule has 1 amide bonds. The summed E-state index contributed by atoms with van der Waals surface area (Å²) in [5.74, 6) is 1.93. The van der Waals surface area contributed by atoms with Crippen LogP contribution in [0.2, 0.25) is 0 Å². The van der Waals surface area contributed by atoms with Crippen LogP contribution in [0.15, 0.2) is 0 Å². The van der Waals surface area contributed by atoms with E-state index in [1.54, 1.807) is 0 Å². The molecule has 3 fully saturated rings. The summed E-state index contributed by atoms with van der Waals surface area (Å²) in [6.07, 6.45) is 11.5. The van der Waals surface area contributed by atoms with Crippen molar-refractivity contribution < 1.29 is 4.79 Å². The second-order valence-electron chi connectivity index (χ2n) is 7.19. The fourth-order valence-corrected chi connectivity index (χ4v) is 4.64. The van der Waals surface area contributed by atoms with Gasteiger partial charge in [-0.15, -0.1) is 0 Å². The molecule has 0 aromatic rings. The van der Waals surface area contributed by atoms with Crippen molar-refractivity contribution in [2.75, 3.05) is 13.1 Å². The van der Waals surface area contributed by atoms with Gasteiger partial charge in [0.1, 0.15) is 0 Å². The Balaban J connectivity index is 1.55. The maximum Gasteiger partial charge on any atom is 0.239 e. The SMILES string of the molecule is CCCC1CCCN(C(=O)C2CC3CCCCC3N2)C1. The van der Waals surface area contributed by atoms with E-state index < -0.39 is 0 Å². The molecule has 0 bridgehead atoms. The normalized spacial score (nSPS) is 37.8. The first-order valence-electron chi connectivity index (χ1n) is 8.82. The van der Waals surface area contributed by atoms with Gasteiger partial charge in [-0.2, -0.15) is 0 Å². The lowest BCUT2D eigenvalue weighted by atomic mass is 9.85. The van der Waals surface area contributed by atoms with Crippen molar-refractivity contribution in [1.29, 1.82) is 0 Å². The molecule has 3 heteroatoms. The zero-order valence-electron chi connectivity index (χ0n) is 12.9. The molecule has 20 heavy (non-hydrogen) atoms. The first-order valence-corrected chi connectivity index (χ1v) is 8.82. The van der Waals surface area contributed by atoms with E-state index in [0.717, 1.165) is 31.3 Å². The van der Waals surface area contributed by atoms with E-state index in [0.29, 0.717) is 11.9 Å². The molecule has 114 valence electrons. The van der Waals surface area contributed by atoms with Gasteiger partial charge in [-0.3, -0.25) is 4.79 Å². The van der Waals surface area contributed by atoms with Crippen molar-refractivity contribution in [3.8, 4) is 0 Å². The Bertz CT molecular complexity index is 328. The van der Waals surface area contributed by atoms with Crippen LogP contribution in [-0.2, 0) is 4.79 Å². The predicted octanol–water partition coefficient (Wildman–Crippen LogP) is 2.95. The third-order valence-electron chi connectivity index (χ3n) is 5.69.